The number of imidazole rings is 1. The van der Waals surface area contributed by atoms with Crippen molar-refractivity contribution in [2.24, 2.45) is 11.1 Å². The average molecular weight is 282 g/mol. The van der Waals surface area contributed by atoms with Crippen molar-refractivity contribution in [3.63, 3.8) is 0 Å². The molecule has 0 spiro atoms. The topological polar surface area (TPSA) is 110 Å². The fourth-order valence-electron chi connectivity index (χ4n) is 1.52. The van der Waals surface area contributed by atoms with Gasteiger partial charge >= 0.3 is 5.97 Å². The molecule has 1 aromatic rings. The molecule has 0 radical (unpaired) electrons. The highest BCUT2D eigenvalue weighted by Crippen LogP contribution is 2.30. The van der Waals surface area contributed by atoms with Gasteiger partial charge in [-0.05, 0) is 27.7 Å². The van der Waals surface area contributed by atoms with Gasteiger partial charge in [-0.1, -0.05) is 0 Å². The molecule has 0 aliphatic heterocycles. The molecule has 7 nitrogen and oxygen atoms in total. The van der Waals surface area contributed by atoms with Crippen LogP contribution in [0.5, 0.6) is 0 Å². The molecule has 0 aromatic carbocycles. The van der Waals surface area contributed by atoms with Crippen molar-refractivity contribution in [1.82, 2.24) is 14.9 Å². The van der Waals surface area contributed by atoms with Crippen LogP contribution in [0.3, 0.4) is 0 Å². The zero-order valence-corrected chi connectivity index (χ0v) is 12.3. The number of aromatic nitrogens is 2. The van der Waals surface area contributed by atoms with E-state index in [0.29, 0.717) is 13.1 Å². The van der Waals surface area contributed by atoms with Gasteiger partial charge in [-0.3, -0.25) is 9.59 Å². The summed E-state index contributed by atoms with van der Waals surface area (Å²) >= 11 is 0. The van der Waals surface area contributed by atoms with Crippen LogP contribution in [0, 0.1) is 5.41 Å². The molecule has 0 atom stereocenters. The predicted octanol–water partition coefficient (Wildman–Crippen LogP) is 0.461. The summed E-state index contributed by atoms with van der Waals surface area (Å²) in [7, 11) is 0. The molecule has 0 unspecified atom stereocenters. The summed E-state index contributed by atoms with van der Waals surface area (Å²) in [6.45, 7) is 7.52. The summed E-state index contributed by atoms with van der Waals surface area (Å²) in [5.41, 5.74) is 3.64. The molecule has 1 rings (SSSR count). The van der Waals surface area contributed by atoms with Crippen molar-refractivity contribution in [1.29, 1.82) is 0 Å². The zero-order chi connectivity index (χ0) is 15.6. The predicted molar refractivity (Wildman–Crippen MR) is 74.2 cm³/mol. The summed E-state index contributed by atoms with van der Waals surface area (Å²) in [6.07, 6.45) is 3.11. The highest BCUT2D eigenvalue weighted by molar-refractivity contribution is 5.93. The molecule has 112 valence electrons. The van der Waals surface area contributed by atoms with E-state index >= 15 is 0 Å². The normalized spacial score (nSPS) is 12.2. The van der Waals surface area contributed by atoms with Crippen LogP contribution in [0.4, 0.5) is 0 Å². The Labute approximate surface area is 118 Å². The number of rotatable bonds is 6. The Balaban J connectivity index is 2.86. The minimum Gasteiger partial charge on any atom is -0.481 e. The summed E-state index contributed by atoms with van der Waals surface area (Å²) < 4.78 is 1.71. The lowest BCUT2D eigenvalue weighted by molar-refractivity contribution is -0.150. The molecule has 0 saturated carbocycles. The first-order chi connectivity index (χ1) is 9.11. The van der Waals surface area contributed by atoms with Gasteiger partial charge in [-0.15, -0.1) is 0 Å². The van der Waals surface area contributed by atoms with Crippen molar-refractivity contribution in [3.05, 3.63) is 18.2 Å². The number of carbonyl (C=O) groups excluding carboxylic acids is 1. The second-order valence-electron chi connectivity index (χ2n) is 5.79. The number of hydrogen-bond acceptors (Lipinski definition) is 4. The number of nitrogens with one attached hydrogen (secondary N) is 1. The molecule has 1 heterocycles. The number of carbonyl (C=O) groups is 2. The van der Waals surface area contributed by atoms with Crippen molar-refractivity contribution in [3.8, 4) is 0 Å². The largest absolute Gasteiger partial charge is 0.481 e. The van der Waals surface area contributed by atoms with E-state index in [2.05, 4.69) is 10.3 Å². The SMILES string of the molecule is CC(C)(NC(=O)c1cn(CCN)cn1)C(C)(C)C(=O)O. The van der Waals surface area contributed by atoms with Crippen LogP contribution in [0.15, 0.2) is 12.5 Å². The van der Waals surface area contributed by atoms with Gasteiger partial charge in [0.25, 0.3) is 5.91 Å². The number of carboxylic acids is 1. The summed E-state index contributed by atoms with van der Waals surface area (Å²) in [5, 5.41) is 12.0. The third-order valence-electron chi connectivity index (χ3n) is 3.78. The maximum Gasteiger partial charge on any atom is 0.311 e. The first-order valence-corrected chi connectivity index (χ1v) is 6.39. The molecule has 0 aliphatic carbocycles. The van der Waals surface area contributed by atoms with Crippen LogP contribution in [0.2, 0.25) is 0 Å². The maximum absolute atomic E-state index is 12.1. The van der Waals surface area contributed by atoms with Crippen molar-refractivity contribution < 1.29 is 14.7 Å². The Morgan fingerprint density at radius 2 is 2.00 bits per heavy atom. The number of nitrogens with zero attached hydrogens (tertiary/aromatic N) is 2. The van der Waals surface area contributed by atoms with Crippen molar-refractivity contribution in [2.75, 3.05) is 6.54 Å². The molecule has 4 N–H and O–H groups in total. The Morgan fingerprint density at radius 1 is 1.40 bits per heavy atom. The lowest BCUT2D eigenvalue weighted by Gasteiger charge is -2.38. The van der Waals surface area contributed by atoms with Crippen LogP contribution >= 0.6 is 0 Å². The van der Waals surface area contributed by atoms with E-state index in [1.165, 1.54) is 6.33 Å². The quantitative estimate of drug-likeness (QED) is 0.702. The second kappa shape index (κ2) is 5.62. The monoisotopic (exact) mass is 282 g/mol. The minimum absolute atomic E-state index is 0.243. The lowest BCUT2D eigenvalue weighted by Crippen LogP contribution is -2.57. The maximum atomic E-state index is 12.1. The smallest absolute Gasteiger partial charge is 0.311 e. The van der Waals surface area contributed by atoms with E-state index in [1.807, 2.05) is 0 Å². The number of amides is 1. The molecule has 7 heteroatoms. The van der Waals surface area contributed by atoms with E-state index in [-0.39, 0.29) is 5.69 Å². The van der Waals surface area contributed by atoms with Crippen LogP contribution in [0.25, 0.3) is 0 Å². The molecule has 0 bridgehead atoms. The third-order valence-corrected chi connectivity index (χ3v) is 3.78. The first kappa shape index (κ1) is 16.2. The summed E-state index contributed by atoms with van der Waals surface area (Å²) in [4.78, 5) is 27.4. The van der Waals surface area contributed by atoms with Crippen LogP contribution in [-0.4, -0.2) is 38.6 Å². The molecule has 1 amide bonds. The van der Waals surface area contributed by atoms with Gasteiger partial charge in [0.05, 0.1) is 17.3 Å². The van der Waals surface area contributed by atoms with Gasteiger partial charge in [0, 0.05) is 19.3 Å². The van der Waals surface area contributed by atoms with Crippen LogP contribution in [-0.2, 0) is 11.3 Å². The van der Waals surface area contributed by atoms with Crippen molar-refractivity contribution >= 4 is 11.9 Å². The average Bonchev–Trinajstić information content (AvgIpc) is 2.77. The third kappa shape index (κ3) is 3.16. The van der Waals surface area contributed by atoms with E-state index in [1.54, 1.807) is 38.5 Å². The fourth-order valence-corrected chi connectivity index (χ4v) is 1.52. The van der Waals surface area contributed by atoms with Crippen molar-refractivity contribution in [2.45, 2.75) is 39.8 Å². The fraction of sp³-hybridized carbons (Fsp3) is 0.615. The number of carboxylic acid groups (broad SMARTS) is 1. The molecule has 0 aliphatic rings. The van der Waals surface area contributed by atoms with Gasteiger partial charge in [0.1, 0.15) is 5.69 Å². The summed E-state index contributed by atoms with van der Waals surface area (Å²) in [6, 6.07) is 0. The minimum atomic E-state index is -1.11. The molecule has 1 aromatic heterocycles. The van der Waals surface area contributed by atoms with E-state index in [0.717, 1.165) is 0 Å². The number of nitrogens with two attached hydrogens (primary N) is 1. The number of aliphatic carboxylic acids is 1. The first-order valence-electron chi connectivity index (χ1n) is 6.39. The summed E-state index contributed by atoms with van der Waals surface area (Å²) in [5.74, 6) is -1.38. The molecular formula is C13H22N4O3. The zero-order valence-electron chi connectivity index (χ0n) is 12.3. The van der Waals surface area contributed by atoms with Gasteiger partial charge < -0.3 is 20.7 Å². The number of hydrogen-bond donors (Lipinski definition) is 3. The van der Waals surface area contributed by atoms with E-state index in [9.17, 15) is 14.7 Å². The Bertz CT molecular complexity index is 505. The highest BCUT2D eigenvalue weighted by Gasteiger charge is 2.44. The highest BCUT2D eigenvalue weighted by atomic mass is 16.4. The van der Waals surface area contributed by atoms with E-state index in [4.69, 9.17) is 5.73 Å². The lowest BCUT2D eigenvalue weighted by atomic mass is 9.74. The Morgan fingerprint density at radius 3 is 2.50 bits per heavy atom. The second-order valence-corrected chi connectivity index (χ2v) is 5.79. The molecule has 0 saturated heterocycles. The van der Waals surface area contributed by atoms with Crippen LogP contribution in [0.1, 0.15) is 38.2 Å². The molecule has 20 heavy (non-hydrogen) atoms. The molecule has 0 fully saturated rings. The van der Waals surface area contributed by atoms with Gasteiger partial charge in [-0.25, -0.2) is 4.98 Å². The Kier molecular flexibility index (Phi) is 4.54. The van der Waals surface area contributed by atoms with E-state index < -0.39 is 22.8 Å². The standard InChI is InChI=1S/C13H22N4O3/c1-12(2,11(19)20)13(3,4)16-10(18)9-7-17(6-5-14)8-15-9/h7-8H,5-6,14H2,1-4H3,(H,16,18)(H,19,20). The molecular weight excluding hydrogens is 260 g/mol. The Hall–Kier alpha value is -1.89. The van der Waals surface area contributed by atoms with Crippen LogP contribution < -0.4 is 11.1 Å². The van der Waals surface area contributed by atoms with Gasteiger partial charge in [0.2, 0.25) is 0 Å². The van der Waals surface area contributed by atoms with Gasteiger partial charge in [0.15, 0.2) is 0 Å². The van der Waals surface area contributed by atoms with Gasteiger partial charge in [-0.2, -0.15) is 0 Å².